The van der Waals surface area contributed by atoms with Gasteiger partial charge in [0.15, 0.2) is 0 Å². The van der Waals surface area contributed by atoms with Crippen LogP contribution in [0.15, 0.2) is 66.0 Å². The molecular formula is C23H25N3OS2. The van der Waals surface area contributed by atoms with Gasteiger partial charge in [-0.05, 0) is 5.56 Å². The van der Waals surface area contributed by atoms with Gasteiger partial charge >= 0.3 is 0 Å². The smallest absolute Gasteiger partial charge is 0.232 e. The third-order valence-corrected chi connectivity index (χ3v) is 6.95. The van der Waals surface area contributed by atoms with Crippen molar-refractivity contribution in [2.24, 2.45) is 0 Å². The Kier molecular flexibility index (Phi) is 6.98. The van der Waals surface area contributed by atoms with Crippen molar-refractivity contribution in [3.63, 3.8) is 0 Å². The number of rotatable bonds is 7. The molecule has 2 aromatic carbocycles. The van der Waals surface area contributed by atoms with Gasteiger partial charge in [0, 0.05) is 49.4 Å². The van der Waals surface area contributed by atoms with Gasteiger partial charge in [0.2, 0.25) is 5.91 Å². The van der Waals surface area contributed by atoms with Gasteiger partial charge in [0.1, 0.15) is 5.01 Å². The number of thiazole rings is 1. The van der Waals surface area contributed by atoms with Crippen molar-refractivity contribution >= 4 is 29.0 Å². The average molecular weight is 424 g/mol. The Morgan fingerprint density at radius 1 is 0.966 bits per heavy atom. The molecule has 4 rings (SSSR count). The average Bonchev–Trinajstić information content (AvgIpc) is 3.24. The third kappa shape index (κ3) is 5.69. The Balaban J connectivity index is 1.20. The summed E-state index contributed by atoms with van der Waals surface area (Å²) in [5, 5.41) is 3.23. The number of nitrogens with zero attached hydrogens (tertiary/aromatic N) is 3. The summed E-state index contributed by atoms with van der Waals surface area (Å²) in [4.78, 5) is 21.7. The second-order valence-corrected chi connectivity index (χ2v) is 8.99. The second kappa shape index (κ2) is 10.1. The van der Waals surface area contributed by atoms with Crippen molar-refractivity contribution in [2.45, 2.75) is 12.3 Å². The number of thioether (sulfide) groups is 1. The van der Waals surface area contributed by atoms with E-state index in [4.69, 9.17) is 4.98 Å². The first-order valence-electron chi connectivity index (χ1n) is 9.89. The molecule has 0 radical (unpaired) electrons. The number of aromatic nitrogens is 1. The van der Waals surface area contributed by atoms with Crippen molar-refractivity contribution in [3.05, 3.63) is 77.3 Å². The monoisotopic (exact) mass is 423 g/mol. The summed E-state index contributed by atoms with van der Waals surface area (Å²) in [6.45, 7) is 4.29. The van der Waals surface area contributed by atoms with Gasteiger partial charge in [-0.2, -0.15) is 0 Å². The van der Waals surface area contributed by atoms with Gasteiger partial charge in [-0.1, -0.05) is 60.7 Å². The van der Waals surface area contributed by atoms with Crippen molar-refractivity contribution in [1.82, 2.24) is 14.8 Å². The van der Waals surface area contributed by atoms with E-state index in [9.17, 15) is 4.79 Å². The van der Waals surface area contributed by atoms with Crippen LogP contribution in [-0.2, 0) is 17.1 Å². The molecule has 1 amide bonds. The summed E-state index contributed by atoms with van der Waals surface area (Å²) in [6, 6.07) is 20.6. The zero-order valence-electron chi connectivity index (χ0n) is 16.4. The summed E-state index contributed by atoms with van der Waals surface area (Å²) in [5.74, 6) is 1.70. The molecule has 1 aliphatic heterocycles. The molecule has 0 unspecified atom stereocenters. The number of amides is 1. The summed E-state index contributed by atoms with van der Waals surface area (Å²) in [6.07, 6.45) is 0. The lowest BCUT2D eigenvalue weighted by atomic mass is 10.2. The summed E-state index contributed by atoms with van der Waals surface area (Å²) >= 11 is 3.40. The third-order valence-electron chi connectivity index (χ3n) is 5.02. The molecule has 0 spiro atoms. The molecule has 1 aromatic heterocycles. The van der Waals surface area contributed by atoms with Crippen LogP contribution >= 0.6 is 23.1 Å². The van der Waals surface area contributed by atoms with E-state index in [1.54, 1.807) is 23.1 Å². The lowest BCUT2D eigenvalue weighted by Gasteiger charge is -2.34. The van der Waals surface area contributed by atoms with E-state index in [-0.39, 0.29) is 5.91 Å². The van der Waals surface area contributed by atoms with E-state index in [0.717, 1.165) is 49.2 Å². The fourth-order valence-corrected chi connectivity index (χ4v) is 5.10. The lowest BCUT2D eigenvalue weighted by Crippen LogP contribution is -2.48. The van der Waals surface area contributed by atoms with Crippen molar-refractivity contribution in [2.75, 3.05) is 31.9 Å². The zero-order valence-corrected chi connectivity index (χ0v) is 18.0. The zero-order chi connectivity index (χ0) is 19.9. The van der Waals surface area contributed by atoms with E-state index >= 15 is 0 Å². The molecular weight excluding hydrogens is 398 g/mol. The number of carbonyl (C=O) groups is 1. The molecule has 0 atom stereocenters. The highest BCUT2D eigenvalue weighted by Gasteiger charge is 2.21. The quantitative estimate of drug-likeness (QED) is 0.565. The Bertz CT molecular complexity index is 906. The lowest BCUT2D eigenvalue weighted by molar-refractivity contribution is -0.130. The van der Waals surface area contributed by atoms with Crippen LogP contribution in [0.5, 0.6) is 0 Å². The molecule has 1 fully saturated rings. The first-order valence-corrected chi connectivity index (χ1v) is 11.9. The van der Waals surface area contributed by atoms with Crippen molar-refractivity contribution in [3.8, 4) is 10.6 Å². The van der Waals surface area contributed by atoms with E-state index in [2.05, 4.69) is 34.5 Å². The Hall–Kier alpha value is -2.15. The maximum absolute atomic E-state index is 12.5. The van der Waals surface area contributed by atoms with Crippen molar-refractivity contribution in [1.29, 1.82) is 0 Å². The highest BCUT2D eigenvalue weighted by molar-refractivity contribution is 7.99. The first kappa shape index (κ1) is 20.1. The molecule has 6 heteroatoms. The summed E-state index contributed by atoms with van der Waals surface area (Å²) < 4.78 is 0. The molecule has 0 aliphatic carbocycles. The van der Waals surface area contributed by atoms with Gasteiger partial charge in [0.25, 0.3) is 0 Å². The highest BCUT2D eigenvalue weighted by Crippen LogP contribution is 2.24. The van der Waals surface area contributed by atoms with E-state index in [0.29, 0.717) is 5.75 Å². The van der Waals surface area contributed by atoms with Gasteiger partial charge < -0.3 is 4.90 Å². The molecule has 3 aromatic rings. The number of carbonyl (C=O) groups excluding carboxylic acids is 1. The van der Waals surface area contributed by atoms with E-state index in [1.807, 2.05) is 41.3 Å². The summed E-state index contributed by atoms with van der Waals surface area (Å²) in [7, 11) is 0. The number of piperazine rings is 1. The van der Waals surface area contributed by atoms with Gasteiger partial charge in [-0.15, -0.1) is 23.1 Å². The molecule has 0 bridgehead atoms. The topological polar surface area (TPSA) is 36.4 Å². The molecule has 150 valence electrons. The minimum absolute atomic E-state index is 0.255. The predicted molar refractivity (Wildman–Crippen MR) is 122 cm³/mol. The molecule has 0 N–H and O–H groups in total. The van der Waals surface area contributed by atoms with Crippen LogP contribution < -0.4 is 0 Å². The van der Waals surface area contributed by atoms with Gasteiger partial charge in [-0.3, -0.25) is 9.69 Å². The predicted octanol–water partition coefficient (Wildman–Crippen LogP) is 4.39. The fourth-order valence-electron chi connectivity index (χ4n) is 3.40. The summed E-state index contributed by atoms with van der Waals surface area (Å²) in [5.41, 5.74) is 3.56. The van der Waals surface area contributed by atoms with Crippen LogP contribution in [-0.4, -0.2) is 52.6 Å². The number of hydrogen-bond acceptors (Lipinski definition) is 5. The minimum atomic E-state index is 0.255. The SMILES string of the molecule is O=C(CSCc1ccccc1)N1CCN(Cc2csc(-c3ccccc3)n2)CC1. The largest absolute Gasteiger partial charge is 0.339 e. The fraction of sp³-hybridized carbons (Fsp3) is 0.304. The normalized spacial score (nSPS) is 14.8. The maximum atomic E-state index is 12.5. The molecule has 29 heavy (non-hydrogen) atoms. The molecule has 1 saturated heterocycles. The van der Waals surface area contributed by atoms with Crippen LogP contribution in [0.25, 0.3) is 10.6 Å². The van der Waals surface area contributed by atoms with Crippen LogP contribution in [0.3, 0.4) is 0 Å². The van der Waals surface area contributed by atoms with Crippen LogP contribution in [0.2, 0.25) is 0 Å². The van der Waals surface area contributed by atoms with Gasteiger partial charge in [0.05, 0.1) is 11.4 Å². The highest BCUT2D eigenvalue weighted by atomic mass is 32.2. The standard InChI is InChI=1S/C23H25N3OS2/c27-22(18-28-16-19-7-3-1-4-8-19)26-13-11-25(12-14-26)15-21-17-29-23(24-21)20-9-5-2-6-10-20/h1-10,17H,11-16,18H2. The molecule has 0 saturated carbocycles. The number of benzene rings is 2. The maximum Gasteiger partial charge on any atom is 0.232 e. The van der Waals surface area contributed by atoms with Crippen molar-refractivity contribution < 1.29 is 4.79 Å². The number of hydrogen-bond donors (Lipinski definition) is 0. The second-order valence-electron chi connectivity index (χ2n) is 7.15. The van der Waals surface area contributed by atoms with E-state index in [1.165, 1.54) is 11.1 Å². The van der Waals surface area contributed by atoms with Crippen LogP contribution in [0.1, 0.15) is 11.3 Å². The van der Waals surface area contributed by atoms with E-state index < -0.39 is 0 Å². The van der Waals surface area contributed by atoms with Crippen LogP contribution in [0.4, 0.5) is 0 Å². The molecule has 1 aliphatic rings. The van der Waals surface area contributed by atoms with Gasteiger partial charge in [-0.25, -0.2) is 4.98 Å². The Morgan fingerprint density at radius 2 is 1.66 bits per heavy atom. The molecule has 4 nitrogen and oxygen atoms in total. The Morgan fingerprint density at radius 3 is 2.38 bits per heavy atom. The first-order chi connectivity index (χ1) is 14.3. The van der Waals surface area contributed by atoms with Crippen LogP contribution in [0, 0.1) is 0 Å². The minimum Gasteiger partial charge on any atom is -0.339 e. The Labute approximate surface area is 180 Å². The molecule has 2 heterocycles.